The van der Waals surface area contributed by atoms with Crippen LogP contribution < -0.4 is 14.8 Å². The summed E-state index contributed by atoms with van der Waals surface area (Å²) in [5, 5.41) is 13.0. The zero-order chi connectivity index (χ0) is 16.0. The Balaban J connectivity index is 2.93. The number of carbonyl (C=O) groups is 1. The molecule has 5 nitrogen and oxygen atoms in total. The quantitative estimate of drug-likeness (QED) is 0.810. The first kappa shape index (κ1) is 17.3. The molecular formula is C16H25NO4. The molecule has 0 aliphatic heterocycles. The Bertz CT molecular complexity index is 470. The molecule has 0 unspecified atom stereocenters. The highest BCUT2D eigenvalue weighted by Gasteiger charge is 2.23. The average molecular weight is 295 g/mol. The highest BCUT2D eigenvalue weighted by atomic mass is 16.5. The summed E-state index contributed by atoms with van der Waals surface area (Å²) in [4.78, 5) is 12.2. The van der Waals surface area contributed by atoms with Crippen LogP contribution in [0.3, 0.4) is 0 Å². The van der Waals surface area contributed by atoms with Crippen LogP contribution in [0.15, 0.2) is 12.1 Å². The minimum absolute atomic E-state index is 0.220. The van der Waals surface area contributed by atoms with E-state index in [9.17, 15) is 9.90 Å². The summed E-state index contributed by atoms with van der Waals surface area (Å²) >= 11 is 0. The van der Waals surface area contributed by atoms with Crippen molar-refractivity contribution in [3.63, 3.8) is 0 Å². The van der Waals surface area contributed by atoms with Crippen molar-refractivity contribution in [2.24, 2.45) is 0 Å². The number of nitrogens with one attached hydrogen (secondary N) is 1. The van der Waals surface area contributed by atoms with E-state index < -0.39 is 5.60 Å². The van der Waals surface area contributed by atoms with E-state index in [-0.39, 0.29) is 12.5 Å². The Morgan fingerprint density at radius 1 is 1.19 bits per heavy atom. The number of aliphatic hydroxyl groups is 1. The van der Waals surface area contributed by atoms with Gasteiger partial charge in [-0.2, -0.15) is 0 Å². The standard InChI is InChI=1S/C16H25NO4/c1-6-16(19,7-2)10-17-15(18)12-8-13(20-4)11(3)14(9-12)21-5/h8-9,19H,6-7,10H2,1-5H3,(H,17,18). The first-order valence-electron chi connectivity index (χ1n) is 7.14. The molecule has 0 heterocycles. The molecule has 118 valence electrons. The summed E-state index contributed by atoms with van der Waals surface area (Å²) < 4.78 is 10.5. The van der Waals surface area contributed by atoms with Gasteiger partial charge in [-0.15, -0.1) is 0 Å². The highest BCUT2D eigenvalue weighted by molar-refractivity contribution is 5.95. The minimum atomic E-state index is -0.867. The van der Waals surface area contributed by atoms with Crippen molar-refractivity contribution in [3.8, 4) is 11.5 Å². The molecule has 0 atom stereocenters. The van der Waals surface area contributed by atoms with Gasteiger partial charge in [0.25, 0.3) is 5.91 Å². The van der Waals surface area contributed by atoms with Gasteiger partial charge >= 0.3 is 0 Å². The summed E-state index contributed by atoms with van der Waals surface area (Å²) in [6, 6.07) is 3.34. The van der Waals surface area contributed by atoms with Gasteiger partial charge in [0, 0.05) is 17.7 Å². The lowest BCUT2D eigenvalue weighted by Crippen LogP contribution is -2.42. The average Bonchev–Trinajstić information content (AvgIpc) is 2.52. The summed E-state index contributed by atoms with van der Waals surface area (Å²) in [7, 11) is 3.10. The van der Waals surface area contributed by atoms with E-state index in [0.29, 0.717) is 29.9 Å². The minimum Gasteiger partial charge on any atom is -0.496 e. The molecule has 0 fully saturated rings. The molecule has 0 saturated carbocycles. The fourth-order valence-corrected chi connectivity index (χ4v) is 2.06. The van der Waals surface area contributed by atoms with Crippen molar-refractivity contribution >= 4 is 5.91 Å². The number of ether oxygens (including phenoxy) is 2. The predicted molar refractivity (Wildman–Crippen MR) is 82.1 cm³/mol. The number of carbonyl (C=O) groups excluding carboxylic acids is 1. The molecule has 2 N–H and O–H groups in total. The summed E-state index contributed by atoms with van der Waals surface area (Å²) in [6.07, 6.45) is 1.18. The first-order chi connectivity index (χ1) is 9.90. The van der Waals surface area contributed by atoms with Crippen molar-refractivity contribution in [2.45, 2.75) is 39.2 Å². The SMILES string of the molecule is CCC(O)(CC)CNC(=O)c1cc(OC)c(C)c(OC)c1. The maximum Gasteiger partial charge on any atom is 0.251 e. The molecule has 0 bridgehead atoms. The normalized spacial score (nSPS) is 11.1. The second-order valence-corrected chi connectivity index (χ2v) is 5.12. The largest absolute Gasteiger partial charge is 0.496 e. The van der Waals surface area contributed by atoms with Crippen molar-refractivity contribution in [1.82, 2.24) is 5.32 Å². The Kier molecular flexibility index (Phi) is 6.03. The zero-order valence-corrected chi connectivity index (χ0v) is 13.4. The van der Waals surface area contributed by atoms with Crippen LogP contribution in [0.1, 0.15) is 42.6 Å². The molecule has 1 aromatic rings. The van der Waals surface area contributed by atoms with Gasteiger partial charge in [-0.05, 0) is 31.9 Å². The molecule has 0 spiro atoms. The van der Waals surface area contributed by atoms with Crippen molar-refractivity contribution < 1.29 is 19.4 Å². The smallest absolute Gasteiger partial charge is 0.251 e. The van der Waals surface area contributed by atoms with Gasteiger partial charge in [0.05, 0.1) is 19.8 Å². The first-order valence-corrected chi connectivity index (χ1v) is 7.14. The van der Waals surface area contributed by atoms with Gasteiger partial charge < -0.3 is 19.9 Å². The van der Waals surface area contributed by atoms with Crippen molar-refractivity contribution in [2.75, 3.05) is 20.8 Å². The van der Waals surface area contributed by atoms with Crippen LogP contribution in [0, 0.1) is 6.92 Å². The molecule has 21 heavy (non-hydrogen) atoms. The van der Waals surface area contributed by atoms with Gasteiger partial charge in [-0.3, -0.25) is 4.79 Å². The Labute approximate surface area is 126 Å². The fourth-order valence-electron chi connectivity index (χ4n) is 2.06. The number of benzene rings is 1. The second-order valence-electron chi connectivity index (χ2n) is 5.12. The topological polar surface area (TPSA) is 67.8 Å². The summed E-state index contributed by atoms with van der Waals surface area (Å²) in [5.74, 6) is 0.938. The maximum absolute atomic E-state index is 12.2. The predicted octanol–water partition coefficient (Wildman–Crippen LogP) is 2.29. The third-order valence-electron chi connectivity index (χ3n) is 3.91. The lowest BCUT2D eigenvalue weighted by molar-refractivity contribution is 0.0314. The van der Waals surface area contributed by atoms with Gasteiger partial charge in [-0.25, -0.2) is 0 Å². The number of amides is 1. The monoisotopic (exact) mass is 295 g/mol. The number of methoxy groups -OCH3 is 2. The maximum atomic E-state index is 12.2. The molecule has 1 rings (SSSR count). The van der Waals surface area contributed by atoms with Crippen LogP contribution in [0.25, 0.3) is 0 Å². The second kappa shape index (κ2) is 7.31. The van der Waals surface area contributed by atoms with Crippen LogP contribution in [0.2, 0.25) is 0 Å². The third kappa shape index (κ3) is 4.11. The van der Waals surface area contributed by atoms with Gasteiger partial charge in [0.15, 0.2) is 0 Å². The molecule has 0 aliphatic rings. The molecule has 0 aromatic heterocycles. The number of rotatable bonds is 7. The number of hydrogen-bond donors (Lipinski definition) is 2. The molecule has 5 heteroatoms. The van der Waals surface area contributed by atoms with E-state index in [1.807, 2.05) is 20.8 Å². The lowest BCUT2D eigenvalue weighted by atomic mass is 9.97. The lowest BCUT2D eigenvalue weighted by Gasteiger charge is -2.25. The van der Waals surface area contributed by atoms with Gasteiger partial charge in [-0.1, -0.05) is 13.8 Å². The van der Waals surface area contributed by atoms with Crippen molar-refractivity contribution in [1.29, 1.82) is 0 Å². The summed E-state index contributed by atoms with van der Waals surface area (Å²) in [6.45, 7) is 5.88. The summed E-state index contributed by atoms with van der Waals surface area (Å²) in [5.41, 5.74) is 0.424. The van der Waals surface area contributed by atoms with E-state index in [2.05, 4.69) is 5.32 Å². The Morgan fingerprint density at radius 3 is 2.05 bits per heavy atom. The zero-order valence-electron chi connectivity index (χ0n) is 13.4. The van der Waals surface area contributed by atoms with Crippen LogP contribution in [-0.4, -0.2) is 37.4 Å². The van der Waals surface area contributed by atoms with E-state index in [1.54, 1.807) is 26.4 Å². The molecule has 1 aromatic carbocycles. The fraction of sp³-hybridized carbons (Fsp3) is 0.562. The van der Waals surface area contributed by atoms with Crippen molar-refractivity contribution in [3.05, 3.63) is 23.3 Å². The van der Waals surface area contributed by atoms with E-state index in [4.69, 9.17) is 9.47 Å². The molecule has 0 aliphatic carbocycles. The molecule has 0 radical (unpaired) electrons. The molecular weight excluding hydrogens is 270 g/mol. The Hall–Kier alpha value is -1.75. The number of hydrogen-bond acceptors (Lipinski definition) is 4. The Morgan fingerprint density at radius 2 is 1.67 bits per heavy atom. The van der Waals surface area contributed by atoms with E-state index >= 15 is 0 Å². The highest BCUT2D eigenvalue weighted by Crippen LogP contribution is 2.29. The van der Waals surface area contributed by atoms with Crippen LogP contribution >= 0.6 is 0 Å². The molecule has 1 amide bonds. The van der Waals surface area contributed by atoms with Crippen LogP contribution in [-0.2, 0) is 0 Å². The molecule has 0 saturated heterocycles. The van der Waals surface area contributed by atoms with E-state index in [0.717, 1.165) is 5.56 Å². The van der Waals surface area contributed by atoms with Crippen LogP contribution in [0.5, 0.6) is 11.5 Å². The van der Waals surface area contributed by atoms with E-state index in [1.165, 1.54) is 0 Å². The van der Waals surface area contributed by atoms with Gasteiger partial charge in [0.1, 0.15) is 11.5 Å². The van der Waals surface area contributed by atoms with Crippen LogP contribution in [0.4, 0.5) is 0 Å². The van der Waals surface area contributed by atoms with Gasteiger partial charge in [0.2, 0.25) is 0 Å². The third-order valence-corrected chi connectivity index (χ3v) is 3.91.